The molecule has 0 radical (unpaired) electrons. The highest BCUT2D eigenvalue weighted by atomic mass is 16.5. The van der Waals surface area contributed by atoms with Crippen molar-refractivity contribution >= 4 is 17.3 Å². The highest BCUT2D eigenvalue weighted by Crippen LogP contribution is 2.25. The molecule has 0 unspecified atom stereocenters. The number of ether oxygens (including phenoxy) is 1. The number of pyridine rings is 1. The molecule has 0 atom stereocenters. The lowest BCUT2D eigenvalue weighted by Crippen LogP contribution is -2.21. The molecule has 2 rings (SSSR count). The lowest BCUT2D eigenvalue weighted by atomic mass is 10.2. The second-order valence-electron chi connectivity index (χ2n) is 5.82. The summed E-state index contributed by atoms with van der Waals surface area (Å²) >= 11 is 0. The predicted octanol–water partition coefficient (Wildman–Crippen LogP) is 2.62. The van der Waals surface area contributed by atoms with Crippen LogP contribution in [0.15, 0.2) is 36.5 Å². The number of anilines is 2. The van der Waals surface area contributed by atoms with Gasteiger partial charge in [0, 0.05) is 25.0 Å². The monoisotopic (exact) mass is 328 g/mol. The highest BCUT2D eigenvalue weighted by Gasteiger charge is 2.12. The summed E-state index contributed by atoms with van der Waals surface area (Å²) in [5.74, 6) is 0.351. The van der Waals surface area contributed by atoms with Gasteiger partial charge in [-0.25, -0.2) is 0 Å². The van der Waals surface area contributed by atoms with Gasteiger partial charge in [0.15, 0.2) is 0 Å². The summed E-state index contributed by atoms with van der Waals surface area (Å²) in [7, 11) is 5.61. The van der Waals surface area contributed by atoms with Crippen molar-refractivity contribution in [2.75, 3.05) is 44.9 Å². The smallest absolute Gasteiger partial charge is 0.274 e. The quantitative estimate of drug-likeness (QED) is 0.818. The van der Waals surface area contributed by atoms with Gasteiger partial charge in [-0.1, -0.05) is 6.07 Å². The first-order valence-electron chi connectivity index (χ1n) is 7.80. The van der Waals surface area contributed by atoms with Crippen LogP contribution in [0.2, 0.25) is 0 Å². The van der Waals surface area contributed by atoms with Crippen molar-refractivity contribution in [2.45, 2.75) is 6.92 Å². The molecule has 24 heavy (non-hydrogen) atoms. The molecule has 0 bridgehead atoms. The molecule has 1 heterocycles. The molecule has 0 aliphatic rings. The van der Waals surface area contributed by atoms with Crippen LogP contribution in [-0.2, 0) is 0 Å². The van der Waals surface area contributed by atoms with Crippen molar-refractivity contribution in [1.29, 1.82) is 0 Å². The number of methoxy groups -OCH3 is 1. The van der Waals surface area contributed by atoms with Gasteiger partial charge in [0.05, 0.1) is 12.8 Å². The number of carbonyl (C=O) groups excluding carboxylic acids is 1. The standard InChI is InChI=1S/C18H24N4O2/c1-13-5-6-17(24-4)15(11-13)21-18(23)16-12-14(7-8-20-16)19-9-10-22(2)3/h5-8,11-12H,9-10H2,1-4H3,(H,19,20)(H,21,23). The van der Waals surface area contributed by atoms with Gasteiger partial charge in [-0.2, -0.15) is 0 Å². The zero-order chi connectivity index (χ0) is 17.5. The summed E-state index contributed by atoms with van der Waals surface area (Å²) in [5, 5.41) is 6.14. The lowest BCUT2D eigenvalue weighted by molar-refractivity contribution is 0.102. The molecule has 1 amide bonds. The first kappa shape index (κ1) is 17.7. The zero-order valence-electron chi connectivity index (χ0n) is 14.6. The van der Waals surface area contributed by atoms with E-state index >= 15 is 0 Å². The minimum absolute atomic E-state index is 0.268. The SMILES string of the molecule is COc1ccc(C)cc1NC(=O)c1cc(NCCN(C)C)ccn1. The third kappa shape index (κ3) is 4.96. The number of hydrogen-bond donors (Lipinski definition) is 2. The van der Waals surface area contributed by atoms with Gasteiger partial charge in [0.1, 0.15) is 11.4 Å². The van der Waals surface area contributed by atoms with E-state index < -0.39 is 0 Å². The maximum atomic E-state index is 12.5. The van der Waals surface area contributed by atoms with E-state index in [9.17, 15) is 4.79 Å². The zero-order valence-corrected chi connectivity index (χ0v) is 14.6. The third-order valence-electron chi connectivity index (χ3n) is 3.48. The van der Waals surface area contributed by atoms with E-state index in [4.69, 9.17) is 4.74 Å². The Bertz CT molecular complexity index is 701. The highest BCUT2D eigenvalue weighted by molar-refractivity contribution is 6.04. The Morgan fingerprint density at radius 1 is 1.25 bits per heavy atom. The van der Waals surface area contributed by atoms with Crippen molar-refractivity contribution in [1.82, 2.24) is 9.88 Å². The van der Waals surface area contributed by atoms with Crippen LogP contribution in [0.4, 0.5) is 11.4 Å². The number of amides is 1. The number of hydrogen-bond acceptors (Lipinski definition) is 5. The molecule has 2 aromatic rings. The van der Waals surface area contributed by atoms with Crippen LogP contribution in [0.1, 0.15) is 16.1 Å². The first-order chi connectivity index (χ1) is 11.5. The second kappa shape index (κ2) is 8.31. The number of nitrogens with one attached hydrogen (secondary N) is 2. The number of rotatable bonds is 7. The van der Waals surface area contributed by atoms with Crippen LogP contribution in [0.25, 0.3) is 0 Å². The number of carbonyl (C=O) groups is 1. The fourth-order valence-corrected chi connectivity index (χ4v) is 2.19. The van der Waals surface area contributed by atoms with Gasteiger partial charge < -0.3 is 20.3 Å². The van der Waals surface area contributed by atoms with Crippen molar-refractivity contribution in [3.05, 3.63) is 47.8 Å². The molecule has 0 spiro atoms. The summed E-state index contributed by atoms with van der Waals surface area (Å²) in [6, 6.07) is 9.22. The molecule has 6 nitrogen and oxygen atoms in total. The Kier molecular flexibility index (Phi) is 6.14. The maximum Gasteiger partial charge on any atom is 0.274 e. The molecule has 0 aliphatic carbocycles. The van der Waals surface area contributed by atoms with Crippen LogP contribution >= 0.6 is 0 Å². The molecule has 1 aromatic heterocycles. The molecular formula is C18H24N4O2. The van der Waals surface area contributed by atoms with E-state index in [1.54, 1.807) is 19.4 Å². The van der Waals surface area contributed by atoms with Gasteiger partial charge in [0.2, 0.25) is 0 Å². The van der Waals surface area contributed by atoms with E-state index in [1.807, 2.05) is 45.3 Å². The maximum absolute atomic E-state index is 12.5. The molecule has 128 valence electrons. The lowest BCUT2D eigenvalue weighted by Gasteiger charge is -2.13. The van der Waals surface area contributed by atoms with E-state index in [2.05, 4.69) is 20.5 Å². The summed E-state index contributed by atoms with van der Waals surface area (Å²) in [5.41, 5.74) is 2.90. The summed E-state index contributed by atoms with van der Waals surface area (Å²) in [4.78, 5) is 18.7. The average molecular weight is 328 g/mol. The van der Waals surface area contributed by atoms with Crippen molar-refractivity contribution in [3.63, 3.8) is 0 Å². The van der Waals surface area contributed by atoms with Crippen LogP contribution in [0.5, 0.6) is 5.75 Å². The van der Waals surface area contributed by atoms with E-state index in [0.717, 1.165) is 24.3 Å². The fourth-order valence-electron chi connectivity index (χ4n) is 2.19. The van der Waals surface area contributed by atoms with Crippen molar-refractivity contribution in [3.8, 4) is 5.75 Å². The minimum atomic E-state index is -0.268. The van der Waals surface area contributed by atoms with Gasteiger partial charge >= 0.3 is 0 Å². The van der Waals surface area contributed by atoms with Crippen LogP contribution in [0.3, 0.4) is 0 Å². The largest absolute Gasteiger partial charge is 0.495 e. The summed E-state index contributed by atoms with van der Waals surface area (Å²) < 4.78 is 5.28. The molecule has 1 aromatic carbocycles. The Morgan fingerprint density at radius 3 is 2.75 bits per heavy atom. The fraction of sp³-hybridized carbons (Fsp3) is 0.333. The molecule has 0 saturated heterocycles. The number of nitrogens with zero attached hydrogens (tertiary/aromatic N) is 2. The Balaban J connectivity index is 2.08. The van der Waals surface area contributed by atoms with Gasteiger partial charge in [-0.15, -0.1) is 0 Å². The van der Waals surface area contributed by atoms with E-state index in [-0.39, 0.29) is 5.91 Å². The molecule has 2 N–H and O–H groups in total. The topological polar surface area (TPSA) is 66.5 Å². The molecular weight excluding hydrogens is 304 g/mol. The van der Waals surface area contributed by atoms with E-state index in [0.29, 0.717) is 17.1 Å². The first-order valence-corrected chi connectivity index (χ1v) is 7.80. The Hall–Kier alpha value is -2.60. The van der Waals surface area contributed by atoms with Crippen molar-refractivity contribution < 1.29 is 9.53 Å². The summed E-state index contributed by atoms with van der Waals surface area (Å²) in [6.45, 7) is 3.66. The Labute approximate surface area is 142 Å². The normalized spacial score (nSPS) is 10.5. The minimum Gasteiger partial charge on any atom is -0.495 e. The van der Waals surface area contributed by atoms with Crippen LogP contribution < -0.4 is 15.4 Å². The van der Waals surface area contributed by atoms with Gasteiger partial charge in [-0.05, 0) is 50.8 Å². The molecule has 0 aliphatic heterocycles. The number of likely N-dealkylation sites (N-methyl/N-ethyl adjacent to an activating group) is 1. The molecule has 0 fully saturated rings. The van der Waals surface area contributed by atoms with Gasteiger partial charge in [0.25, 0.3) is 5.91 Å². The molecule has 6 heteroatoms. The van der Waals surface area contributed by atoms with Crippen molar-refractivity contribution in [2.24, 2.45) is 0 Å². The number of aromatic nitrogens is 1. The Morgan fingerprint density at radius 2 is 2.04 bits per heavy atom. The van der Waals surface area contributed by atoms with E-state index in [1.165, 1.54) is 0 Å². The third-order valence-corrected chi connectivity index (χ3v) is 3.48. The van der Waals surface area contributed by atoms with Crippen LogP contribution in [0, 0.1) is 6.92 Å². The number of benzene rings is 1. The predicted molar refractivity (Wildman–Crippen MR) is 97.0 cm³/mol. The molecule has 0 saturated carbocycles. The summed E-state index contributed by atoms with van der Waals surface area (Å²) in [6.07, 6.45) is 1.63. The van der Waals surface area contributed by atoms with Crippen LogP contribution in [-0.4, -0.2) is 50.1 Å². The van der Waals surface area contributed by atoms with Gasteiger partial charge in [-0.3, -0.25) is 9.78 Å². The second-order valence-corrected chi connectivity index (χ2v) is 5.82. The number of aryl methyl sites for hydroxylation is 1. The average Bonchev–Trinajstić information content (AvgIpc) is 2.55.